The van der Waals surface area contributed by atoms with Crippen molar-refractivity contribution < 1.29 is 14.7 Å². The summed E-state index contributed by atoms with van der Waals surface area (Å²) in [5.41, 5.74) is 1.80. The lowest BCUT2D eigenvalue weighted by molar-refractivity contribution is -0.313. The van der Waals surface area contributed by atoms with Gasteiger partial charge in [-0.05, 0) is 49.0 Å². The van der Waals surface area contributed by atoms with E-state index in [1.54, 1.807) is 6.08 Å². The topological polar surface area (TPSA) is 93.0 Å². The van der Waals surface area contributed by atoms with E-state index < -0.39 is 17.8 Å². The molecule has 0 unspecified atom stereocenters. The number of carbonyl (C=O) groups excluding carboxylic acids is 2. The third-order valence-electron chi connectivity index (χ3n) is 5.91. The number of nitrogens with zero attached hydrogens (tertiary/aromatic N) is 1. The van der Waals surface area contributed by atoms with Gasteiger partial charge in [-0.15, -0.1) is 11.3 Å². The molecule has 0 spiro atoms. The number of hydrogen-bond acceptors (Lipinski definition) is 5. The van der Waals surface area contributed by atoms with Crippen LogP contribution in [0.3, 0.4) is 0 Å². The van der Waals surface area contributed by atoms with Crippen LogP contribution in [0, 0.1) is 34.5 Å². The molecule has 1 amide bonds. The van der Waals surface area contributed by atoms with Crippen molar-refractivity contribution in [2.24, 2.45) is 23.2 Å². The van der Waals surface area contributed by atoms with Crippen LogP contribution < -0.4 is 10.4 Å². The summed E-state index contributed by atoms with van der Waals surface area (Å²) in [5, 5.41) is 24.4. The van der Waals surface area contributed by atoms with Crippen LogP contribution in [-0.2, 0) is 22.4 Å². The summed E-state index contributed by atoms with van der Waals surface area (Å²) in [5.74, 6) is -2.47. The number of fused-ring (bicyclic) bond motifs is 1. The van der Waals surface area contributed by atoms with Gasteiger partial charge in [0.1, 0.15) is 11.1 Å². The zero-order chi connectivity index (χ0) is 19.8. The number of rotatable bonds is 3. The summed E-state index contributed by atoms with van der Waals surface area (Å²) < 4.78 is 0. The van der Waals surface area contributed by atoms with E-state index in [1.165, 1.54) is 16.2 Å². The smallest absolute Gasteiger partial charge is 0.229 e. The number of hydrogen-bond donors (Lipinski definition) is 1. The standard InChI is InChI=1S/C21H26N2O3S/c1-21(2,3)12-8-9-13-16(11-22)19(27-17(13)10-12)23-18(24)14-6-4-5-7-15(14)20(25)26/h4-5,12,14-15H,6-10H2,1-3H3,(H,23,24)(H,25,26)/p-1/t12-,14-,15+/m1/s1. The molecule has 0 fully saturated rings. The van der Waals surface area contributed by atoms with Gasteiger partial charge in [-0.25, -0.2) is 0 Å². The van der Waals surface area contributed by atoms with Crippen LogP contribution >= 0.6 is 11.3 Å². The Bertz CT molecular complexity index is 826. The van der Waals surface area contributed by atoms with Crippen molar-refractivity contribution in [2.75, 3.05) is 5.32 Å². The van der Waals surface area contributed by atoms with E-state index in [2.05, 4.69) is 32.2 Å². The second-order valence-corrected chi connectivity index (χ2v) is 9.69. The average molecular weight is 386 g/mol. The normalized spacial score (nSPS) is 24.7. The lowest BCUT2D eigenvalue weighted by Crippen LogP contribution is -2.41. The lowest BCUT2D eigenvalue weighted by Gasteiger charge is -2.33. The molecule has 144 valence electrons. The van der Waals surface area contributed by atoms with Crippen molar-refractivity contribution in [2.45, 2.75) is 52.9 Å². The first-order chi connectivity index (χ1) is 12.7. The van der Waals surface area contributed by atoms with E-state index in [-0.39, 0.29) is 11.3 Å². The molecule has 5 nitrogen and oxygen atoms in total. The second-order valence-electron chi connectivity index (χ2n) is 8.59. The molecule has 1 aromatic heterocycles. The van der Waals surface area contributed by atoms with E-state index in [0.717, 1.165) is 24.8 Å². The molecular weight excluding hydrogens is 360 g/mol. The van der Waals surface area contributed by atoms with Gasteiger partial charge < -0.3 is 15.2 Å². The van der Waals surface area contributed by atoms with Gasteiger partial charge in [-0.3, -0.25) is 4.79 Å². The monoisotopic (exact) mass is 385 g/mol. The fourth-order valence-electron chi connectivity index (χ4n) is 4.10. The molecule has 27 heavy (non-hydrogen) atoms. The Balaban J connectivity index is 1.83. The molecule has 0 aliphatic heterocycles. The van der Waals surface area contributed by atoms with Crippen molar-refractivity contribution in [3.63, 3.8) is 0 Å². The SMILES string of the molecule is CC(C)(C)[C@@H]1CCc2c(sc(NC(=O)[C@@H]3CC=CC[C@@H]3C(=O)[O-])c2C#N)C1. The van der Waals surface area contributed by atoms with Crippen molar-refractivity contribution in [3.05, 3.63) is 28.2 Å². The molecule has 1 aromatic rings. The molecule has 3 atom stereocenters. The summed E-state index contributed by atoms with van der Waals surface area (Å²) in [6.07, 6.45) is 7.10. The van der Waals surface area contributed by atoms with Gasteiger partial charge in [0, 0.05) is 16.8 Å². The first kappa shape index (κ1) is 19.6. The minimum absolute atomic E-state index is 0.202. The number of aliphatic carboxylic acids is 1. The first-order valence-corrected chi connectivity index (χ1v) is 10.3. The van der Waals surface area contributed by atoms with E-state index in [0.29, 0.717) is 29.3 Å². The Kier molecular flexibility index (Phi) is 5.43. The van der Waals surface area contributed by atoms with Gasteiger partial charge in [0.15, 0.2) is 0 Å². The summed E-state index contributed by atoms with van der Waals surface area (Å²) in [7, 11) is 0. The van der Waals surface area contributed by atoms with Crippen molar-refractivity contribution in [1.82, 2.24) is 0 Å². The minimum Gasteiger partial charge on any atom is -0.550 e. The second kappa shape index (κ2) is 7.47. The van der Waals surface area contributed by atoms with Crippen molar-refractivity contribution in [1.29, 1.82) is 5.26 Å². The number of nitriles is 1. The van der Waals surface area contributed by atoms with Gasteiger partial charge in [0.05, 0.1) is 11.5 Å². The van der Waals surface area contributed by atoms with E-state index >= 15 is 0 Å². The minimum atomic E-state index is -1.20. The molecule has 6 heteroatoms. The number of carboxylic acids is 1. The maximum absolute atomic E-state index is 12.7. The quantitative estimate of drug-likeness (QED) is 0.809. The average Bonchev–Trinajstić information content (AvgIpc) is 2.96. The Morgan fingerprint density at radius 3 is 2.52 bits per heavy atom. The van der Waals surface area contributed by atoms with E-state index in [9.17, 15) is 20.0 Å². The highest BCUT2D eigenvalue weighted by atomic mass is 32.1. The van der Waals surface area contributed by atoms with Crippen LogP contribution in [-0.4, -0.2) is 11.9 Å². The molecule has 1 N–H and O–H groups in total. The number of anilines is 1. The molecule has 1 heterocycles. The molecule has 3 rings (SSSR count). The molecule has 2 aliphatic rings. The summed E-state index contributed by atoms with van der Waals surface area (Å²) in [4.78, 5) is 25.3. The van der Waals surface area contributed by atoms with Crippen molar-refractivity contribution in [3.8, 4) is 6.07 Å². The van der Waals surface area contributed by atoms with E-state index in [4.69, 9.17) is 0 Å². The first-order valence-electron chi connectivity index (χ1n) is 9.43. The number of carbonyl (C=O) groups is 2. The Morgan fingerprint density at radius 2 is 1.93 bits per heavy atom. The van der Waals surface area contributed by atoms with Crippen LogP contribution in [0.5, 0.6) is 0 Å². The zero-order valence-electron chi connectivity index (χ0n) is 16.0. The fraction of sp³-hybridized carbons (Fsp3) is 0.571. The number of allylic oxidation sites excluding steroid dienone is 2. The number of nitrogens with one attached hydrogen (secondary N) is 1. The maximum Gasteiger partial charge on any atom is 0.229 e. The van der Waals surface area contributed by atoms with Crippen LogP contribution in [0.15, 0.2) is 12.2 Å². The molecule has 0 saturated carbocycles. The van der Waals surface area contributed by atoms with E-state index in [1.807, 2.05) is 6.08 Å². The third-order valence-corrected chi connectivity index (χ3v) is 7.08. The Morgan fingerprint density at radius 1 is 1.26 bits per heavy atom. The van der Waals surface area contributed by atoms with Gasteiger partial charge in [0.2, 0.25) is 5.91 Å². The van der Waals surface area contributed by atoms with Crippen molar-refractivity contribution >= 4 is 28.2 Å². The molecular formula is C21H25N2O3S-. The van der Waals surface area contributed by atoms with Gasteiger partial charge in [-0.1, -0.05) is 32.9 Å². The van der Waals surface area contributed by atoms with Gasteiger partial charge in [0.25, 0.3) is 0 Å². The molecule has 0 radical (unpaired) electrons. The highest BCUT2D eigenvalue weighted by Gasteiger charge is 2.34. The summed E-state index contributed by atoms with van der Waals surface area (Å²) >= 11 is 1.47. The maximum atomic E-state index is 12.7. The molecule has 0 saturated heterocycles. The van der Waals surface area contributed by atoms with Gasteiger partial charge in [-0.2, -0.15) is 5.26 Å². The highest BCUT2D eigenvalue weighted by Crippen LogP contribution is 2.44. The van der Waals surface area contributed by atoms with Crippen LogP contribution in [0.25, 0.3) is 0 Å². The predicted octanol–water partition coefficient (Wildman–Crippen LogP) is 3.04. The largest absolute Gasteiger partial charge is 0.550 e. The number of thiophene rings is 1. The third kappa shape index (κ3) is 3.93. The van der Waals surface area contributed by atoms with Crippen LogP contribution in [0.2, 0.25) is 0 Å². The lowest BCUT2D eigenvalue weighted by atomic mass is 9.72. The molecule has 0 bridgehead atoms. The predicted molar refractivity (Wildman–Crippen MR) is 103 cm³/mol. The summed E-state index contributed by atoms with van der Waals surface area (Å²) in [6.45, 7) is 6.71. The Hall–Kier alpha value is -2.13. The van der Waals surface area contributed by atoms with Crippen LogP contribution in [0.1, 0.15) is 56.0 Å². The van der Waals surface area contributed by atoms with Crippen LogP contribution in [0.4, 0.5) is 5.00 Å². The zero-order valence-corrected chi connectivity index (χ0v) is 16.8. The molecule has 0 aromatic carbocycles. The fourth-order valence-corrected chi connectivity index (χ4v) is 5.38. The number of carboxylic acid groups (broad SMARTS) is 1. The van der Waals surface area contributed by atoms with Gasteiger partial charge >= 0.3 is 0 Å². The number of amides is 1. The highest BCUT2D eigenvalue weighted by molar-refractivity contribution is 7.16. The molecule has 2 aliphatic carbocycles. The summed E-state index contributed by atoms with van der Waals surface area (Å²) in [6, 6.07) is 2.25. The Labute approximate surface area is 164 Å².